The average Bonchev–Trinajstić information content (AvgIpc) is 2.42. The molecule has 0 saturated heterocycles. The van der Waals surface area contributed by atoms with E-state index < -0.39 is 16.1 Å². The normalized spacial score (nSPS) is 12.3. The topological polar surface area (TPSA) is 61.3 Å². The van der Waals surface area contributed by atoms with Gasteiger partial charge in [-0.15, -0.1) is 0 Å². The highest BCUT2D eigenvalue weighted by atomic mass is 28.3. The Kier molecular flexibility index (Phi) is 4.64. The van der Waals surface area contributed by atoms with Crippen LogP contribution in [-0.2, 0) is 0 Å². The van der Waals surface area contributed by atoms with E-state index in [1.54, 1.807) is 0 Å². The van der Waals surface area contributed by atoms with Crippen LogP contribution in [0.25, 0.3) is 0 Å². The predicted octanol–water partition coefficient (Wildman–Crippen LogP) is 3.73. The minimum Gasteiger partial charge on any atom is -0.455 e. The van der Waals surface area contributed by atoms with Crippen molar-refractivity contribution in [2.75, 3.05) is 11.5 Å². The van der Waals surface area contributed by atoms with Crippen molar-refractivity contribution >= 4 is 37.9 Å². The third kappa shape index (κ3) is 3.79. The molecule has 0 fully saturated rings. The zero-order chi connectivity index (χ0) is 17.4. The van der Waals surface area contributed by atoms with Crippen LogP contribution in [0.5, 0.6) is 11.5 Å². The van der Waals surface area contributed by atoms with E-state index in [4.69, 9.17) is 16.2 Å². The van der Waals surface area contributed by atoms with Crippen molar-refractivity contribution in [1.29, 1.82) is 0 Å². The number of anilines is 2. The highest BCUT2D eigenvalue weighted by Crippen LogP contribution is 2.32. The lowest BCUT2D eigenvalue weighted by molar-refractivity contribution is 0.486. The van der Waals surface area contributed by atoms with Crippen molar-refractivity contribution in [3.63, 3.8) is 0 Å². The summed E-state index contributed by atoms with van der Waals surface area (Å²) in [5.74, 6) is 1.45. The molecule has 0 radical (unpaired) electrons. The molecule has 23 heavy (non-hydrogen) atoms. The SMILES string of the molecule is C[Si](C)(C)c1cc(Oc2ccccc2)c(N)c(N)c1[Si](C)(C)C. The maximum atomic E-state index is 6.47. The van der Waals surface area contributed by atoms with Gasteiger partial charge in [-0.05, 0) is 23.4 Å². The summed E-state index contributed by atoms with van der Waals surface area (Å²) in [7, 11) is -3.18. The summed E-state index contributed by atoms with van der Waals surface area (Å²) in [4.78, 5) is 0. The van der Waals surface area contributed by atoms with E-state index in [9.17, 15) is 0 Å². The highest BCUT2D eigenvalue weighted by molar-refractivity contribution is 6.99. The summed E-state index contributed by atoms with van der Waals surface area (Å²) >= 11 is 0. The summed E-state index contributed by atoms with van der Waals surface area (Å²) < 4.78 is 6.03. The largest absolute Gasteiger partial charge is 0.455 e. The molecular formula is C18H28N2OSi2. The van der Waals surface area contributed by atoms with Gasteiger partial charge in [0.25, 0.3) is 0 Å². The van der Waals surface area contributed by atoms with Crippen molar-refractivity contribution in [1.82, 2.24) is 0 Å². The zero-order valence-corrected chi connectivity index (χ0v) is 17.0. The maximum Gasteiger partial charge on any atom is 0.152 e. The number of hydrogen-bond acceptors (Lipinski definition) is 3. The Hall–Kier alpha value is -1.73. The third-order valence-electron chi connectivity index (χ3n) is 3.90. The van der Waals surface area contributed by atoms with E-state index in [2.05, 4.69) is 45.3 Å². The van der Waals surface area contributed by atoms with Gasteiger partial charge < -0.3 is 16.2 Å². The molecule has 0 aliphatic heterocycles. The molecule has 5 heteroatoms. The van der Waals surface area contributed by atoms with Crippen LogP contribution in [0, 0.1) is 0 Å². The fourth-order valence-electron chi connectivity index (χ4n) is 2.79. The smallest absolute Gasteiger partial charge is 0.152 e. The number of para-hydroxylation sites is 1. The van der Waals surface area contributed by atoms with E-state index in [1.807, 2.05) is 30.3 Å². The third-order valence-corrected chi connectivity index (χ3v) is 8.20. The van der Waals surface area contributed by atoms with Crippen molar-refractivity contribution in [2.24, 2.45) is 0 Å². The number of nitrogens with two attached hydrogens (primary N) is 2. The van der Waals surface area contributed by atoms with Gasteiger partial charge in [0, 0.05) is 0 Å². The summed E-state index contributed by atoms with van der Waals surface area (Å²) in [6.07, 6.45) is 0. The molecule has 0 heterocycles. The molecule has 0 atom stereocenters. The second-order valence-electron chi connectivity index (χ2n) is 8.04. The highest BCUT2D eigenvalue weighted by Gasteiger charge is 2.32. The van der Waals surface area contributed by atoms with Crippen LogP contribution in [0.15, 0.2) is 36.4 Å². The monoisotopic (exact) mass is 344 g/mol. The molecule has 0 aliphatic rings. The Balaban J connectivity index is 2.65. The van der Waals surface area contributed by atoms with Crippen LogP contribution in [0.3, 0.4) is 0 Å². The summed E-state index contributed by atoms with van der Waals surface area (Å²) in [5.41, 5.74) is 14.1. The first-order valence-corrected chi connectivity index (χ1v) is 15.0. The molecule has 0 bridgehead atoms. The minimum absolute atomic E-state index is 0.563. The Bertz CT molecular complexity index is 702. The second-order valence-corrected chi connectivity index (χ2v) is 18.1. The van der Waals surface area contributed by atoms with Crippen molar-refractivity contribution in [3.8, 4) is 11.5 Å². The van der Waals surface area contributed by atoms with Crippen molar-refractivity contribution in [3.05, 3.63) is 36.4 Å². The second kappa shape index (κ2) is 6.05. The van der Waals surface area contributed by atoms with Gasteiger partial charge in [-0.2, -0.15) is 0 Å². The first-order valence-electron chi connectivity index (χ1n) is 7.97. The van der Waals surface area contributed by atoms with Crippen molar-refractivity contribution < 1.29 is 4.74 Å². The molecule has 0 aliphatic carbocycles. The number of ether oxygens (including phenoxy) is 1. The number of rotatable bonds is 4. The molecule has 0 aromatic heterocycles. The molecule has 0 saturated carbocycles. The summed E-state index contributed by atoms with van der Waals surface area (Å²) in [6, 6.07) is 11.9. The van der Waals surface area contributed by atoms with E-state index in [1.165, 1.54) is 10.4 Å². The molecule has 0 amide bonds. The first-order chi connectivity index (χ1) is 10.5. The zero-order valence-electron chi connectivity index (χ0n) is 15.0. The van der Waals surface area contributed by atoms with E-state index in [-0.39, 0.29) is 0 Å². The lowest BCUT2D eigenvalue weighted by atomic mass is 10.2. The molecule has 0 unspecified atom stereocenters. The van der Waals surface area contributed by atoms with Crippen LogP contribution in [0.2, 0.25) is 39.3 Å². The van der Waals surface area contributed by atoms with Gasteiger partial charge in [-0.25, -0.2) is 0 Å². The van der Waals surface area contributed by atoms with E-state index >= 15 is 0 Å². The minimum atomic E-state index is -1.60. The van der Waals surface area contributed by atoms with Crippen LogP contribution in [0.4, 0.5) is 11.4 Å². The van der Waals surface area contributed by atoms with E-state index in [0.29, 0.717) is 11.4 Å². The van der Waals surface area contributed by atoms with Gasteiger partial charge in [0.05, 0.1) is 27.5 Å². The molecule has 124 valence electrons. The summed E-state index contributed by atoms with van der Waals surface area (Å²) in [5, 5.41) is 2.67. The number of nitrogen functional groups attached to an aromatic ring is 2. The van der Waals surface area contributed by atoms with Crippen LogP contribution in [0.1, 0.15) is 0 Å². The number of hydrogen-bond donors (Lipinski definition) is 2. The molecule has 2 rings (SSSR count). The van der Waals surface area contributed by atoms with Gasteiger partial charge >= 0.3 is 0 Å². The van der Waals surface area contributed by atoms with Gasteiger partial charge in [-0.3, -0.25) is 0 Å². The molecular weight excluding hydrogens is 316 g/mol. The Morgan fingerprint density at radius 1 is 0.783 bits per heavy atom. The standard InChI is InChI=1S/C18H28N2OSi2/c1-22(2,3)15-12-14(21-13-10-8-7-9-11-13)16(19)17(20)18(15)23(4,5)6/h7-12H,19-20H2,1-6H3. The van der Waals surface area contributed by atoms with Gasteiger partial charge in [0.2, 0.25) is 0 Å². The van der Waals surface area contributed by atoms with Crippen LogP contribution >= 0.6 is 0 Å². The quantitative estimate of drug-likeness (QED) is 0.656. The van der Waals surface area contributed by atoms with Gasteiger partial charge in [0.1, 0.15) is 5.75 Å². The molecule has 3 nitrogen and oxygen atoms in total. The molecule has 0 spiro atoms. The van der Waals surface area contributed by atoms with Gasteiger partial charge in [0.15, 0.2) is 5.75 Å². The average molecular weight is 345 g/mol. The first kappa shape index (κ1) is 17.6. The Morgan fingerprint density at radius 3 is 1.83 bits per heavy atom. The van der Waals surface area contributed by atoms with E-state index in [0.717, 1.165) is 11.4 Å². The van der Waals surface area contributed by atoms with Crippen LogP contribution in [-0.4, -0.2) is 16.1 Å². The fourth-order valence-corrected chi connectivity index (χ4v) is 8.31. The van der Waals surface area contributed by atoms with Crippen molar-refractivity contribution in [2.45, 2.75) is 39.3 Å². The number of benzene rings is 2. The maximum absolute atomic E-state index is 6.47. The molecule has 4 N–H and O–H groups in total. The molecule has 2 aromatic rings. The summed E-state index contributed by atoms with van der Waals surface area (Å²) in [6.45, 7) is 14.0. The lowest BCUT2D eigenvalue weighted by Crippen LogP contribution is -2.57. The Morgan fingerprint density at radius 2 is 1.35 bits per heavy atom. The van der Waals surface area contributed by atoms with Crippen LogP contribution < -0.4 is 26.6 Å². The Labute approximate surface area is 141 Å². The van der Waals surface area contributed by atoms with Gasteiger partial charge in [-0.1, -0.05) is 62.7 Å². The lowest BCUT2D eigenvalue weighted by Gasteiger charge is -2.31. The predicted molar refractivity (Wildman–Crippen MR) is 108 cm³/mol. The molecule has 2 aromatic carbocycles. The fraction of sp³-hybridized carbons (Fsp3) is 0.333.